The third-order valence-corrected chi connectivity index (χ3v) is 2.44. The Kier molecular flexibility index (Phi) is 3.43. The van der Waals surface area contributed by atoms with Crippen molar-refractivity contribution in [2.24, 2.45) is 5.73 Å². The fraction of sp³-hybridized carbons (Fsp3) is 0.455. The van der Waals surface area contributed by atoms with Crippen LogP contribution < -0.4 is 16.4 Å². The van der Waals surface area contributed by atoms with E-state index < -0.39 is 5.91 Å². The van der Waals surface area contributed by atoms with Gasteiger partial charge >= 0.3 is 0 Å². The first-order valence-corrected chi connectivity index (χ1v) is 5.55. The van der Waals surface area contributed by atoms with Crippen molar-refractivity contribution in [3.63, 3.8) is 0 Å². The lowest BCUT2D eigenvalue weighted by Crippen LogP contribution is -2.37. The van der Waals surface area contributed by atoms with Gasteiger partial charge in [0, 0.05) is 6.04 Å². The van der Waals surface area contributed by atoms with Crippen LogP contribution in [0.1, 0.15) is 29.2 Å². The molecule has 0 aromatic carbocycles. The van der Waals surface area contributed by atoms with Crippen molar-refractivity contribution < 1.29 is 14.0 Å². The van der Waals surface area contributed by atoms with Crippen LogP contribution in [0.3, 0.4) is 0 Å². The maximum absolute atomic E-state index is 11.6. The highest BCUT2D eigenvalue weighted by Crippen LogP contribution is 2.18. The molecular weight excluding hydrogens is 222 g/mol. The van der Waals surface area contributed by atoms with Gasteiger partial charge in [0.15, 0.2) is 5.76 Å². The fourth-order valence-electron chi connectivity index (χ4n) is 1.36. The van der Waals surface area contributed by atoms with Gasteiger partial charge in [-0.1, -0.05) is 0 Å². The zero-order valence-corrected chi connectivity index (χ0v) is 9.36. The summed E-state index contributed by atoms with van der Waals surface area (Å²) in [6.07, 6.45) is 2.05. The van der Waals surface area contributed by atoms with Gasteiger partial charge in [0.25, 0.3) is 5.91 Å². The molecule has 0 atom stereocenters. The average Bonchev–Trinajstić information content (AvgIpc) is 2.99. The summed E-state index contributed by atoms with van der Waals surface area (Å²) in [5, 5.41) is 5.26. The summed E-state index contributed by atoms with van der Waals surface area (Å²) < 4.78 is 5.15. The average molecular weight is 237 g/mol. The van der Waals surface area contributed by atoms with E-state index in [9.17, 15) is 9.59 Å². The van der Waals surface area contributed by atoms with Crippen molar-refractivity contribution in [3.05, 3.63) is 23.7 Å². The number of nitrogens with one attached hydrogen (secondary N) is 2. The first-order chi connectivity index (χ1) is 8.19. The molecule has 6 heteroatoms. The number of nitrogens with two attached hydrogens (primary N) is 1. The molecule has 0 saturated heterocycles. The van der Waals surface area contributed by atoms with Gasteiger partial charge in [-0.05, 0) is 25.0 Å². The summed E-state index contributed by atoms with van der Waals surface area (Å²) in [6.45, 7) is 0.212. The normalized spacial score (nSPS) is 14.4. The molecule has 1 fully saturated rings. The van der Waals surface area contributed by atoms with Crippen LogP contribution in [-0.4, -0.2) is 24.4 Å². The summed E-state index contributed by atoms with van der Waals surface area (Å²) in [5.41, 5.74) is 5.36. The van der Waals surface area contributed by atoms with Gasteiger partial charge in [0.2, 0.25) is 5.91 Å². The Labute approximate surface area is 98.5 Å². The number of hydrogen-bond donors (Lipinski definition) is 3. The van der Waals surface area contributed by atoms with Gasteiger partial charge in [-0.3, -0.25) is 9.59 Å². The monoisotopic (exact) mass is 237 g/mol. The lowest BCUT2D eigenvalue weighted by Gasteiger charge is -2.04. The molecule has 1 aliphatic rings. The lowest BCUT2D eigenvalue weighted by molar-refractivity contribution is -0.120. The molecule has 92 valence electrons. The van der Waals surface area contributed by atoms with Crippen molar-refractivity contribution in [2.75, 3.05) is 6.54 Å². The zero-order valence-electron chi connectivity index (χ0n) is 9.36. The third kappa shape index (κ3) is 3.32. The van der Waals surface area contributed by atoms with Crippen LogP contribution in [0.4, 0.5) is 0 Å². The molecule has 1 aromatic heterocycles. The summed E-state index contributed by atoms with van der Waals surface area (Å²) in [5.74, 6) is 0.129. The SMILES string of the molecule is NCc1ccc(C(=O)NCC(=O)NC2CC2)o1. The maximum atomic E-state index is 11.6. The molecule has 2 amide bonds. The van der Waals surface area contributed by atoms with Crippen molar-refractivity contribution in [2.45, 2.75) is 25.4 Å². The minimum Gasteiger partial charge on any atom is -0.455 e. The predicted molar refractivity (Wildman–Crippen MR) is 60.1 cm³/mol. The minimum absolute atomic E-state index is 0.0337. The van der Waals surface area contributed by atoms with E-state index in [4.69, 9.17) is 10.2 Å². The Bertz CT molecular complexity index is 423. The van der Waals surface area contributed by atoms with E-state index in [-0.39, 0.29) is 24.8 Å². The first kappa shape index (κ1) is 11.7. The van der Waals surface area contributed by atoms with Crippen LogP contribution >= 0.6 is 0 Å². The molecule has 0 bridgehead atoms. The molecule has 0 spiro atoms. The molecule has 17 heavy (non-hydrogen) atoms. The Hall–Kier alpha value is -1.82. The number of carbonyl (C=O) groups excluding carboxylic acids is 2. The smallest absolute Gasteiger partial charge is 0.287 e. The van der Waals surface area contributed by atoms with E-state index in [1.54, 1.807) is 6.07 Å². The predicted octanol–water partition coefficient (Wildman–Crippen LogP) is -0.253. The van der Waals surface area contributed by atoms with E-state index in [1.165, 1.54) is 6.07 Å². The molecule has 1 aliphatic carbocycles. The molecule has 1 heterocycles. The molecular formula is C11H15N3O3. The molecule has 0 aliphatic heterocycles. The second kappa shape index (κ2) is 5.01. The number of hydrogen-bond acceptors (Lipinski definition) is 4. The quantitative estimate of drug-likeness (QED) is 0.657. The number of furan rings is 1. The summed E-state index contributed by atoms with van der Waals surface area (Å²) in [7, 11) is 0. The van der Waals surface area contributed by atoms with E-state index in [0.717, 1.165) is 12.8 Å². The topological polar surface area (TPSA) is 97.4 Å². The maximum Gasteiger partial charge on any atom is 0.287 e. The van der Waals surface area contributed by atoms with Gasteiger partial charge in [-0.25, -0.2) is 0 Å². The van der Waals surface area contributed by atoms with Crippen LogP contribution in [0.2, 0.25) is 0 Å². The molecule has 1 saturated carbocycles. The van der Waals surface area contributed by atoms with E-state index in [0.29, 0.717) is 11.8 Å². The molecule has 2 rings (SSSR count). The molecule has 4 N–H and O–H groups in total. The summed E-state index contributed by atoms with van der Waals surface area (Å²) in [6, 6.07) is 3.47. The molecule has 1 aromatic rings. The van der Waals surface area contributed by atoms with Crippen LogP contribution in [0.25, 0.3) is 0 Å². The Morgan fingerprint density at radius 2 is 2.18 bits per heavy atom. The summed E-state index contributed by atoms with van der Waals surface area (Å²) in [4.78, 5) is 22.9. The second-order valence-electron chi connectivity index (χ2n) is 3.99. The molecule has 0 radical (unpaired) electrons. The Morgan fingerprint density at radius 3 is 2.76 bits per heavy atom. The fourth-order valence-corrected chi connectivity index (χ4v) is 1.36. The Balaban J connectivity index is 1.77. The summed E-state index contributed by atoms with van der Waals surface area (Å²) >= 11 is 0. The van der Waals surface area contributed by atoms with Gasteiger partial charge in [-0.2, -0.15) is 0 Å². The van der Waals surface area contributed by atoms with Gasteiger partial charge in [0.1, 0.15) is 5.76 Å². The first-order valence-electron chi connectivity index (χ1n) is 5.55. The van der Waals surface area contributed by atoms with Crippen LogP contribution in [0, 0.1) is 0 Å². The van der Waals surface area contributed by atoms with Gasteiger partial charge in [0.05, 0.1) is 13.1 Å². The van der Waals surface area contributed by atoms with Gasteiger partial charge < -0.3 is 20.8 Å². The zero-order chi connectivity index (χ0) is 12.3. The number of carbonyl (C=O) groups is 2. The largest absolute Gasteiger partial charge is 0.455 e. The van der Waals surface area contributed by atoms with E-state index >= 15 is 0 Å². The van der Waals surface area contributed by atoms with Crippen molar-refractivity contribution >= 4 is 11.8 Å². The molecule has 6 nitrogen and oxygen atoms in total. The number of amides is 2. The van der Waals surface area contributed by atoms with Crippen molar-refractivity contribution in [1.82, 2.24) is 10.6 Å². The lowest BCUT2D eigenvalue weighted by atomic mass is 10.4. The van der Waals surface area contributed by atoms with Crippen molar-refractivity contribution in [1.29, 1.82) is 0 Å². The van der Waals surface area contributed by atoms with Crippen molar-refractivity contribution in [3.8, 4) is 0 Å². The second-order valence-corrected chi connectivity index (χ2v) is 3.99. The van der Waals surface area contributed by atoms with Crippen LogP contribution in [0.15, 0.2) is 16.5 Å². The van der Waals surface area contributed by atoms with E-state index in [1.807, 2.05) is 0 Å². The van der Waals surface area contributed by atoms with Crippen LogP contribution in [0.5, 0.6) is 0 Å². The van der Waals surface area contributed by atoms with E-state index in [2.05, 4.69) is 10.6 Å². The van der Waals surface area contributed by atoms with Crippen LogP contribution in [-0.2, 0) is 11.3 Å². The highest BCUT2D eigenvalue weighted by molar-refractivity contribution is 5.94. The van der Waals surface area contributed by atoms with Gasteiger partial charge in [-0.15, -0.1) is 0 Å². The highest BCUT2D eigenvalue weighted by Gasteiger charge is 2.23. The Morgan fingerprint density at radius 1 is 1.41 bits per heavy atom. The third-order valence-electron chi connectivity index (χ3n) is 2.44. The highest BCUT2D eigenvalue weighted by atomic mass is 16.4. The number of rotatable bonds is 5. The standard InChI is InChI=1S/C11H15N3O3/c12-5-8-3-4-9(17-8)11(16)13-6-10(15)14-7-1-2-7/h3-4,7H,1-2,5-6,12H2,(H,13,16)(H,14,15). The molecule has 0 unspecified atom stereocenters. The minimum atomic E-state index is -0.407.